The van der Waals surface area contributed by atoms with E-state index in [1.54, 1.807) is 24.1 Å². The molecule has 0 radical (unpaired) electrons. The van der Waals surface area contributed by atoms with Crippen molar-refractivity contribution in [2.75, 3.05) is 33.3 Å². The zero-order valence-corrected chi connectivity index (χ0v) is 12.9. The first-order valence-electron chi connectivity index (χ1n) is 7.57. The highest BCUT2D eigenvalue weighted by Crippen LogP contribution is 2.23. The monoisotopic (exact) mass is 305 g/mol. The Bertz CT molecular complexity index is 533. The number of carbonyl (C=O) groups is 2. The van der Waals surface area contributed by atoms with Crippen LogP contribution < -0.4 is 15.8 Å². The van der Waals surface area contributed by atoms with E-state index in [0.29, 0.717) is 37.5 Å². The second kappa shape index (κ2) is 7.79. The second-order valence-electron chi connectivity index (χ2n) is 5.37. The van der Waals surface area contributed by atoms with Crippen molar-refractivity contribution in [1.29, 1.82) is 0 Å². The highest BCUT2D eigenvalue weighted by Gasteiger charge is 2.29. The Labute approximate surface area is 130 Å². The van der Waals surface area contributed by atoms with Gasteiger partial charge in [0.15, 0.2) is 0 Å². The first-order valence-corrected chi connectivity index (χ1v) is 7.57. The zero-order valence-electron chi connectivity index (χ0n) is 12.9. The number of hydrogen-bond acceptors (Lipinski definition) is 4. The average Bonchev–Trinajstić information content (AvgIpc) is 2.59. The van der Waals surface area contributed by atoms with Gasteiger partial charge < -0.3 is 20.7 Å². The first-order chi connectivity index (χ1) is 10.7. The Morgan fingerprint density at radius 2 is 2.18 bits per heavy atom. The molecule has 1 unspecified atom stereocenters. The maximum absolute atomic E-state index is 12.7. The van der Waals surface area contributed by atoms with Gasteiger partial charge in [-0.15, -0.1) is 0 Å². The van der Waals surface area contributed by atoms with E-state index in [1.807, 2.05) is 12.1 Å². The summed E-state index contributed by atoms with van der Waals surface area (Å²) >= 11 is 0. The number of benzene rings is 1. The summed E-state index contributed by atoms with van der Waals surface area (Å²) in [4.78, 5) is 26.4. The third kappa shape index (κ3) is 3.76. The Hall–Kier alpha value is -2.08. The number of piperidine rings is 1. The average molecular weight is 305 g/mol. The minimum atomic E-state index is -0.168. The Kier molecular flexibility index (Phi) is 5.77. The van der Waals surface area contributed by atoms with Crippen molar-refractivity contribution in [1.82, 2.24) is 10.2 Å². The van der Waals surface area contributed by atoms with Gasteiger partial charge in [0.05, 0.1) is 18.6 Å². The third-order valence-corrected chi connectivity index (χ3v) is 3.86. The summed E-state index contributed by atoms with van der Waals surface area (Å²) in [6, 6.07) is 7.15. The molecule has 1 aliphatic rings. The van der Waals surface area contributed by atoms with Crippen LogP contribution in [0.4, 0.5) is 0 Å². The molecule has 22 heavy (non-hydrogen) atoms. The molecular weight excluding hydrogens is 282 g/mol. The maximum Gasteiger partial charge on any atom is 0.257 e. The fraction of sp³-hybridized carbons (Fsp3) is 0.500. The second-order valence-corrected chi connectivity index (χ2v) is 5.37. The van der Waals surface area contributed by atoms with Crippen LogP contribution in [0.3, 0.4) is 0 Å². The van der Waals surface area contributed by atoms with Crippen molar-refractivity contribution in [2.24, 2.45) is 11.7 Å². The Morgan fingerprint density at radius 3 is 2.91 bits per heavy atom. The number of rotatable bonds is 5. The topological polar surface area (TPSA) is 84.7 Å². The lowest BCUT2D eigenvalue weighted by atomic mass is 9.96. The molecule has 6 heteroatoms. The van der Waals surface area contributed by atoms with Gasteiger partial charge in [-0.05, 0) is 25.0 Å². The molecule has 1 aliphatic heterocycles. The normalized spacial score (nSPS) is 17.9. The molecule has 2 amide bonds. The van der Waals surface area contributed by atoms with Gasteiger partial charge in [0.25, 0.3) is 5.91 Å². The molecule has 0 spiro atoms. The van der Waals surface area contributed by atoms with Crippen LogP contribution >= 0.6 is 0 Å². The molecule has 1 fully saturated rings. The van der Waals surface area contributed by atoms with E-state index in [1.165, 1.54) is 0 Å². The van der Waals surface area contributed by atoms with E-state index < -0.39 is 0 Å². The standard InChI is InChI=1S/C16H23N3O3/c1-22-14-7-3-2-6-13(14)16(21)19-10-4-5-12(11-19)15(20)18-9-8-17/h2-3,6-7,12H,4-5,8-11,17H2,1H3,(H,18,20). The fourth-order valence-electron chi connectivity index (χ4n) is 2.71. The SMILES string of the molecule is COc1ccccc1C(=O)N1CCCC(C(=O)NCCN)C1. The Morgan fingerprint density at radius 1 is 1.41 bits per heavy atom. The molecule has 1 atom stereocenters. The number of methoxy groups -OCH3 is 1. The number of nitrogens with one attached hydrogen (secondary N) is 1. The van der Waals surface area contributed by atoms with Crippen molar-refractivity contribution in [3.8, 4) is 5.75 Å². The lowest BCUT2D eigenvalue weighted by Crippen LogP contribution is -2.46. The molecule has 120 valence electrons. The van der Waals surface area contributed by atoms with Crippen LogP contribution in [0.1, 0.15) is 23.2 Å². The summed E-state index contributed by atoms with van der Waals surface area (Å²) in [5, 5.41) is 2.80. The van der Waals surface area contributed by atoms with Crippen LogP contribution in [0.15, 0.2) is 24.3 Å². The fourth-order valence-corrected chi connectivity index (χ4v) is 2.71. The molecule has 0 aliphatic carbocycles. The number of likely N-dealkylation sites (tertiary alicyclic amines) is 1. The summed E-state index contributed by atoms with van der Waals surface area (Å²) in [6.07, 6.45) is 1.62. The molecule has 0 aromatic heterocycles. The van der Waals surface area contributed by atoms with Gasteiger partial charge in [-0.3, -0.25) is 9.59 Å². The van der Waals surface area contributed by atoms with E-state index in [2.05, 4.69) is 5.32 Å². The third-order valence-electron chi connectivity index (χ3n) is 3.86. The molecular formula is C16H23N3O3. The van der Waals surface area contributed by atoms with Gasteiger partial charge in [-0.25, -0.2) is 0 Å². The summed E-state index contributed by atoms with van der Waals surface area (Å²) in [7, 11) is 1.55. The van der Waals surface area contributed by atoms with Gasteiger partial charge in [0.2, 0.25) is 5.91 Å². The Balaban J connectivity index is 2.05. The van der Waals surface area contributed by atoms with Crippen LogP contribution in [-0.2, 0) is 4.79 Å². The molecule has 1 aromatic rings. The molecule has 0 saturated carbocycles. The van der Waals surface area contributed by atoms with Gasteiger partial charge in [0.1, 0.15) is 5.75 Å². The van der Waals surface area contributed by atoms with Gasteiger partial charge in [0, 0.05) is 26.2 Å². The molecule has 6 nitrogen and oxygen atoms in total. The lowest BCUT2D eigenvalue weighted by molar-refractivity contribution is -0.126. The van der Waals surface area contributed by atoms with Crippen molar-refractivity contribution in [3.63, 3.8) is 0 Å². The number of nitrogens with zero attached hydrogens (tertiary/aromatic N) is 1. The number of ether oxygens (including phenoxy) is 1. The number of para-hydroxylation sites is 1. The zero-order chi connectivity index (χ0) is 15.9. The highest BCUT2D eigenvalue weighted by molar-refractivity contribution is 5.97. The van der Waals surface area contributed by atoms with Crippen LogP contribution in [0.5, 0.6) is 5.75 Å². The molecule has 2 rings (SSSR count). The first kappa shape index (κ1) is 16.3. The smallest absolute Gasteiger partial charge is 0.257 e. The lowest BCUT2D eigenvalue weighted by Gasteiger charge is -2.32. The quantitative estimate of drug-likeness (QED) is 0.835. The van der Waals surface area contributed by atoms with E-state index in [-0.39, 0.29) is 17.7 Å². The number of carbonyl (C=O) groups excluding carboxylic acids is 2. The molecule has 0 bridgehead atoms. The van der Waals surface area contributed by atoms with E-state index in [9.17, 15) is 9.59 Å². The minimum Gasteiger partial charge on any atom is -0.496 e. The van der Waals surface area contributed by atoms with Crippen LogP contribution in [0, 0.1) is 5.92 Å². The predicted molar refractivity (Wildman–Crippen MR) is 83.7 cm³/mol. The maximum atomic E-state index is 12.7. The molecule has 1 saturated heterocycles. The molecule has 1 aromatic carbocycles. The summed E-state index contributed by atoms with van der Waals surface area (Å²) < 4.78 is 5.24. The van der Waals surface area contributed by atoms with E-state index in [4.69, 9.17) is 10.5 Å². The largest absolute Gasteiger partial charge is 0.496 e. The molecule has 1 heterocycles. The van der Waals surface area contributed by atoms with Crippen LogP contribution in [0.2, 0.25) is 0 Å². The molecule has 3 N–H and O–H groups in total. The van der Waals surface area contributed by atoms with Gasteiger partial charge in [-0.2, -0.15) is 0 Å². The van der Waals surface area contributed by atoms with Crippen molar-refractivity contribution < 1.29 is 14.3 Å². The minimum absolute atomic E-state index is 0.0250. The van der Waals surface area contributed by atoms with Crippen molar-refractivity contribution in [3.05, 3.63) is 29.8 Å². The van der Waals surface area contributed by atoms with E-state index >= 15 is 0 Å². The number of nitrogens with two attached hydrogens (primary N) is 1. The van der Waals surface area contributed by atoms with E-state index in [0.717, 1.165) is 12.8 Å². The summed E-state index contributed by atoms with van der Waals surface area (Å²) in [5.74, 6) is 0.276. The van der Waals surface area contributed by atoms with Crippen molar-refractivity contribution >= 4 is 11.8 Å². The number of hydrogen-bond donors (Lipinski definition) is 2. The van der Waals surface area contributed by atoms with Crippen molar-refractivity contribution in [2.45, 2.75) is 12.8 Å². The van der Waals surface area contributed by atoms with Gasteiger partial charge >= 0.3 is 0 Å². The summed E-state index contributed by atoms with van der Waals surface area (Å²) in [6.45, 7) is 1.99. The number of amides is 2. The van der Waals surface area contributed by atoms with Gasteiger partial charge in [-0.1, -0.05) is 12.1 Å². The predicted octanol–water partition coefficient (Wildman–Crippen LogP) is 0.622. The van der Waals surface area contributed by atoms with Crippen LogP contribution in [-0.4, -0.2) is 50.0 Å². The van der Waals surface area contributed by atoms with Crippen LogP contribution in [0.25, 0.3) is 0 Å². The highest BCUT2D eigenvalue weighted by atomic mass is 16.5. The summed E-state index contributed by atoms with van der Waals surface area (Å²) in [5.41, 5.74) is 5.93.